The Morgan fingerprint density at radius 3 is 2.48 bits per heavy atom. The van der Waals surface area contributed by atoms with Crippen LogP contribution in [0.15, 0.2) is 24.3 Å². The van der Waals surface area contributed by atoms with Crippen molar-refractivity contribution in [2.75, 3.05) is 46.5 Å². The highest BCUT2D eigenvalue weighted by atomic mass is 16.5. The van der Waals surface area contributed by atoms with Crippen molar-refractivity contribution in [3.05, 3.63) is 29.8 Å². The molecule has 1 aromatic rings. The normalized spacial score (nSPS) is 21.3. The number of methoxy groups -OCH3 is 1. The zero-order valence-corrected chi connectivity index (χ0v) is 13.4. The summed E-state index contributed by atoms with van der Waals surface area (Å²) in [4.78, 5) is 28.6. The van der Waals surface area contributed by atoms with E-state index in [2.05, 4.69) is 0 Å². The van der Waals surface area contributed by atoms with Gasteiger partial charge in [0.15, 0.2) is 0 Å². The van der Waals surface area contributed by atoms with Crippen molar-refractivity contribution in [2.24, 2.45) is 5.92 Å². The second kappa shape index (κ2) is 7.00. The van der Waals surface area contributed by atoms with Gasteiger partial charge in [0.25, 0.3) is 5.91 Å². The number of nitrogens with zero attached hydrogens (tertiary/aromatic N) is 2. The molecule has 2 aliphatic rings. The third-order valence-corrected chi connectivity index (χ3v) is 4.49. The van der Waals surface area contributed by atoms with Crippen LogP contribution < -0.4 is 4.74 Å². The maximum Gasteiger partial charge on any atom is 0.257 e. The SMILES string of the molecule is COc1ccccc1C(=O)N1CCN(C(=O)[C@H]2CCOC2)CC1. The molecule has 2 saturated heterocycles. The van der Waals surface area contributed by atoms with Gasteiger partial charge in [0.05, 0.1) is 25.2 Å². The van der Waals surface area contributed by atoms with Gasteiger partial charge in [-0.1, -0.05) is 12.1 Å². The van der Waals surface area contributed by atoms with Gasteiger partial charge in [-0.05, 0) is 18.6 Å². The summed E-state index contributed by atoms with van der Waals surface area (Å²) in [5.41, 5.74) is 0.568. The van der Waals surface area contributed by atoms with Crippen LogP contribution in [0.2, 0.25) is 0 Å². The summed E-state index contributed by atoms with van der Waals surface area (Å²) in [6.07, 6.45) is 0.805. The third-order valence-electron chi connectivity index (χ3n) is 4.49. The van der Waals surface area contributed by atoms with E-state index in [-0.39, 0.29) is 17.7 Å². The lowest BCUT2D eigenvalue weighted by Crippen LogP contribution is -2.52. The molecule has 0 unspecified atom stereocenters. The second-order valence-corrected chi connectivity index (χ2v) is 5.88. The lowest BCUT2D eigenvalue weighted by atomic mass is 10.1. The average Bonchev–Trinajstić information content (AvgIpc) is 3.15. The molecule has 0 spiro atoms. The first kappa shape index (κ1) is 15.8. The van der Waals surface area contributed by atoms with Crippen LogP contribution in [0.4, 0.5) is 0 Å². The van der Waals surface area contributed by atoms with Crippen LogP contribution in [0.5, 0.6) is 5.75 Å². The number of carbonyl (C=O) groups is 2. The monoisotopic (exact) mass is 318 g/mol. The fourth-order valence-electron chi connectivity index (χ4n) is 3.11. The standard InChI is InChI=1S/C17H22N2O4/c1-22-15-5-3-2-4-14(15)17(21)19-9-7-18(8-10-19)16(20)13-6-11-23-12-13/h2-5,13H,6-12H2,1H3/t13-/m0/s1. The molecule has 1 aromatic carbocycles. The van der Waals surface area contributed by atoms with Crippen molar-refractivity contribution < 1.29 is 19.1 Å². The van der Waals surface area contributed by atoms with Crippen LogP contribution in [0.3, 0.4) is 0 Å². The number of carbonyl (C=O) groups excluding carboxylic acids is 2. The van der Waals surface area contributed by atoms with Crippen LogP contribution in [-0.2, 0) is 9.53 Å². The van der Waals surface area contributed by atoms with Gasteiger partial charge >= 0.3 is 0 Å². The maximum atomic E-state index is 12.6. The minimum atomic E-state index is -0.0428. The van der Waals surface area contributed by atoms with Gasteiger partial charge in [-0.3, -0.25) is 9.59 Å². The first-order chi connectivity index (χ1) is 11.2. The lowest BCUT2D eigenvalue weighted by Gasteiger charge is -2.36. The first-order valence-electron chi connectivity index (χ1n) is 7.99. The molecule has 0 N–H and O–H groups in total. The fraction of sp³-hybridized carbons (Fsp3) is 0.529. The number of ether oxygens (including phenoxy) is 2. The Bertz CT molecular complexity index is 576. The van der Waals surface area contributed by atoms with Gasteiger partial charge in [-0.15, -0.1) is 0 Å². The molecule has 0 radical (unpaired) electrons. The number of hydrogen-bond acceptors (Lipinski definition) is 4. The Morgan fingerprint density at radius 2 is 1.83 bits per heavy atom. The predicted molar refractivity (Wildman–Crippen MR) is 84.4 cm³/mol. The Hall–Kier alpha value is -2.08. The Morgan fingerprint density at radius 1 is 1.13 bits per heavy atom. The maximum absolute atomic E-state index is 12.6. The molecule has 0 aromatic heterocycles. The van der Waals surface area contributed by atoms with Crippen molar-refractivity contribution in [3.63, 3.8) is 0 Å². The summed E-state index contributed by atoms with van der Waals surface area (Å²) in [6.45, 7) is 3.46. The molecule has 0 bridgehead atoms. The highest BCUT2D eigenvalue weighted by molar-refractivity contribution is 5.97. The van der Waals surface area contributed by atoms with Crippen LogP contribution in [0.25, 0.3) is 0 Å². The quantitative estimate of drug-likeness (QED) is 0.835. The van der Waals surface area contributed by atoms with E-state index in [0.717, 1.165) is 6.42 Å². The van der Waals surface area contributed by atoms with E-state index in [0.29, 0.717) is 50.7 Å². The van der Waals surface area contributed by atoms with Crippen LogP contribution in [-0.4, -0.2) is 68.1 Å². The molecular formula is C17H22N2O4. The first-order valence-corrected chi connectivity index (χ1v) is 7.99. The van der Waals surface area contributed by atoms with Crippen LogP contribution in [0, 0.1) is 5.92 Å². The summed E-state index contributed by atoms with van der Waals surface area (Å²) >= 11 is 0. The molecule has 6 heteroatoms. The van der Waals surface area contributed by atoms with Crippen molar-refractivity contribution in [1.82, 2.24) is 9.80 Å². The number of rotatable bonds is 3. The Labute approximate surface area is 136 Å². The molecule has 23 heavy (non-hydrogen) atoms. The molecule has 1 atom stereocenters. The molecule has 2 aliphatic heterocycles. The van der Waals surface area contributed by atoms with E-state index in [1.54, 1.807) is 24.1 Å². The fourth-order valence-corrected chi connectivity index (χ4v) is 3.11. The van der Waals surface area contributed by atoms with E-state index >= 15 is 0 Å². The number of hydrogen-bond donors (Lipinski definition) is 0. The van der Waals surface area contributed by atoms with Gasteiger partial charge in [0, 0.05) is 32.8 Å². The molecule has 2 heterocycles. The lowest BCUT2D eigenvalue weighted by molar-refractivity contribution is -0.137. The largest absolute Gasteiger partial charge is 0.496 e. The molecule has 2 fully saturated rings. The zero-order valence-electron chi connectivity index (χ0n) is 13.4. The summed E-state index contributed by atoms with van der Waals surface area (Å²) < 4.78 is 10.5. The van der Waals surface area contributed by atoms with Gasteiger partial charge < -0.3 is 19.3 Å². The number of para-hydroxylation sites is 1. The van der Waals surface area contributed by atoms with E-state index in [4.69, 9.17) is 9.47 Å². The third kappa shape index (κ3) is 3.32. The number of benzene rings is 1. The van der Waals surface area contributed by atoms with Crippen LogP contribution in [0.1, 0.15) is 16.8 Å². The van der Waals surface area contributed by atoms with E-state index in [1.165, 1.54) is 0 Å². The molecule has 3 rings (SSSR count). The summed E-state index contributed by atoms with van der Waals surface area (Å²) in [6, 6.07) is 7.23. The highest BCUT2D eigenvalue weighted by Gasteiger charge is 2.31. The summed E-state index contributed by atoms with van der Waals surface area (Å²) in [5.74, 6) is 0.691. The minimum Gasteiger partial charge on any atom is -0.496 e. The topological polar surface area (TPSA) is 59.1 Å². The number of piperazine rings is 1. The molecule has 124 valence electrons. The second-order valence-electron chi connectivity index (χ2n) is 5.88. The highest BCUT2D eigenvalue weighted by Crippen LogP contribution is 2.21. The summed E-state index contributed by atoms with van der Waals surface area (Å²) in [5, 5.41) is 0. The molecule has 2 amide bonds. The van der Waals surface area contributed by atoms with Crippen molar-refractivity contribution in [2.45, 2.75) is 6.42 Å². The Balaban J connectivity index is 1.60. The van der Waals surface area contributed by atoms with Gasteiger partial charge in [-0.2, -0.15) is 0 Å². The van der Waals surface area contributed by atoms with Crippen molar-refractivity contribution in [3.8, 4) is 5.75 Å². The zero-order chi connectivity index (χ0) is 16.2. The molecular weight excluding hydrogens is 296 g/mol. The van der Waals surface area contributed by atoms with E-state index in [9.17, 15) is 9.59 Å². The van der Waals surface area contributed by atoms with E-state index in [1.807, 2.05) is 17.0 Å². The molecule has 6 nitrogen and oxygen atoms in total. The van der Waals surface area contributed by atoms with Crippen molar-refractivity contribution in [1.29, 1.82) is 0 Å². The van der Waals surface area contributed by atoms with Gasteiger partial charge in [0.2, 0.25) is 5.91 Å². The predicted octanol–water partition coefficient (Wildman–Crippen LogP) is 1.02. The average molecular weight is 318 g/mol. The van der Waals surface area contributed by atoms with Crippen LogP contribution >= 0.6 is 0 Å². The minimum absolute atomic E-state index is 0.00790. The number of amides is 2. The van der Waals surface area contributed by atoms with Crippen molar-refractivity contribution >= 4 is 11.8 Å². The van der Waals surface area contributed by atoms with Gasteiger partial charge in [-0.25, -0.2) is 0 Å². The molecule has 0 saturated carbocycles. The van der Waals surface area contributed by atoms with Gasteiger partial charge in [0.1, 0.15) is 5.75 Å². The smallest absolute Gasteiger partial charge is 0.257 e. The Kier molecular flexibility index (Phi) is 4.81. The van der Waals surface area contributed by atoms with E-state index < -0.39 is 0 Å². The summed E-state index contributed by atoms with van der Waals surface area (Å²) in [7, 11) is 1.56. The molecule has 0 aliphatic carbocycles.